The first-order valence-corrected chi connectivity index (χ1v) is 8.11. The molecule has 1 unspecified atom stereocenters. The van der Waals surface area contributed by atoms with Crippen LogP contribution in [0.1, 0.15) is 28.2 Å². The Morgan fingerprint density at radius 3 is 3.18 bits per heavy atom. The van der Waals surface area contributed by atoms with Crippen molar-refractivity contribution in [3.63, 3.8) is 0 Å². The van der Waals surface area contributed by atoms with Gasteiger partial charge in [0.25, 0.3) is 5.91 Å². The maximum Gasteiger partial charge on any atom is 0.261 e. The van der Waals surface area contributed by atoms with Crippen LogP contribution in [0, 0.1) is 6.92 Å². The van der Waals surface area contributed by atoms with Crippen LogP contribution in [0.15, 0.2) is 23.6 Å². The van der Waals surface area contributed by atoms with Crippen LogP contribution in [0.25, 0.3) is 0 Å². The number of thiazole rings is 1. The average Bonchev–Trinajstić information content (AvgIpc) is 3.00. The first-order chi connectivity index (χ1) is 10.7. The van der Waals surface area contributed by atoms with E-state index >= 15 is 0 Å². The highest BCUT2D eigenvalue weighted by molar-refractivity contribution is 7.09. The number of ether oxygens (including phenoxy) is 1. The van der Waals surface area contributed by atoms with E-state index in [1.165, 1.54) is 16.9 Å². The van der Waals surface area contributed by atoms with E-state index in [0.29, 0.717) is 18.7 Å². The number of aliphatic hydroxyl groups excluding tert-OH is 1. The molecule has 2 heterocycles. The van der Waals surface area contributed by atoms with Gasteiger partial charge in [-0.25, -0.2) is 4.98 Å². The normalized spacial score (nSPS) is 16.7. The molecule has 5 nitrogen and oxygen atoms in total. The van der Waals surface area contributed by atoms with Crippen LogP contribution in [0.4, 0.5) is 0 Å². The smallest absolute Gasteiger partial charge is 0.261 e. The number of benzene rings is 1. The zero-order chi connectivity index (χ0) is 15.5. The molecule has 0 fully saturated rings. The molecule has 3 rings (SSSR count). The highest BCUT2D eigenvalue weighted by Crippen LogP contribution is 2.28. The zero-order valence-corrected chi connectivity index (χ0v) is 13.2. The lowest BCUT2D eigenvalue weighted by atomic mass is 10.00. The summed E-state index contributed by atoms with van der Waals surface area (Å²) in [6.45, 7) is 2.34. The first-order valence-electron chi connectivity index (χ1n) is 7.24. The van der Waals surface area contributed by atoms with E-state index < -0.39 is 6.10 Å². The van der Waals surface area contributed by atoms with Gasteiger partial charge < -0.3 is 15.2 Å². The van der Waals surface area contributed by atoms with Crippen molar-refractivity contribution in [3.05, 3.63) is 45.4 Å². The molecule has 0 radical (unpaired) electrons. The van der Waals surface area contributed by atoms with E-state index in [9.17, 15) is 4.79 Å². The highest BCUT2D eigenvalue weighted by Gasteiger charge is 2.26. The van der Waals surface area contributed by atoms with Crippen LogP contribution in [0.5, 0.6) is 5.75 Å². The third-order valence-corrected chi connectivity index (χ3v) is 4.53. The van der Waals surface area contributed by atoms with Gasteiger partial charge in [0.1, 0.15) is 10.8 Å². The number of hydrogen-bond acceptors (Lipinski definition) is 5. The third kappa shape index (κ3) is 3.28. The summed E-state index contributed by atoms with van der Waals surface area (Å²) in [6.07, 6.45) is 1.08. The van der Waals surface area contributed by atoms with Crippen molar-refractivity contribution in [1.82, 2.24) is 10.3 Å². The van der Waals surface area contributed by atoms with E-state index in [2.05, 4.69) is 16.4 Å². The molecule has 2 aromatic rings. The van der Waals surface area contributed by atoms with Crippen LogP contribution >= 0.6 is 11.3 Å². The van der Waals surface area contributed by atoms with Crippen molar-refractivity contribution >= 4 is 17.2 Å². The topological polar surface area (TPSA) is 71.5 Å². The van der Waals surface area contributed by atoms with Crippen LogP contribution in [-0.4, -0.2) is 22.1 Å². The lowest BCUT2D eigenvalue weighted by Crippen LogP contribution is -2.40. The Labute approximate surface area is 133 Å². The van der Waals surface area contributed by atoms with Gasteiger partial charge in [-0.15, -0.1) is 11.3 Å². The molecule has 1 aromatic carbocycles. The molecular formula is C16H18N2O3S. The second-order valence-corrected chi connectivity index (χ2v) is 6.31. The van der Waals surface area contributed by atoms with E-state index in [1.807, 2.05) is 19.1 Å². The summed E-state index contributed by atoms with van der Waals surface area (Å²) in [5, 5.41) is 14.4. The quantitative estimate of drug-likeness (QED) is 0.904. The summed E-state index contributed by atoms with van der Waals surface area (Å²) in [6, 6.07) is 6.03. The molecule has 1 aromatic heterocycles. The van der Waals surface area contributed by atoms with Crippen LogP contribution in [0.3, 0.4) is 0 Å². The van der Waals surface area contributed by atoms with Gasteiger partial charge in [-0.2, -0.15) is 0 Å². The molecule has 22 heavy (non-hydrogen) atoms. The fraction of sp³-hybridized carbons (Fsp3) is 0.375. The lowest BCUT2D eigenvalue weighted by Gasteiger charge is -2.25. The zero-order valence-electron chi connectivity index (χ0n) is 12.3. The Morgan fingerprint density at radius 1 is 1.55 bits per heavy atom. The number of carbonyl (C=O) groups excluding carboxylic acids is 1. The van der Waals surface area contributed by atoms with Crippen molar-refractivity contribution in [2.75, 3.05) is 0 Å². The van der Waals surface area contributed by atoms with Gasteiger partial charge in [0.05, 0.1) is 18.8 Å². The number of nitrogens with one attached hydrogen (secondary N) is 1. The van der Waals surface area contributed by atoms with E-state index in [-0.39, 0.29) is 12.5 Å². The number of amides is 1. The number of aliphatic hydroxyl groups is 1. The van der Waals surface area contributed by atoms with Gasteiger partial charge in [0.15, 0.2) is 6.10 Å². The van der Waals surface area contributed by atoms with Crippen molar-refractivity contribution in [2.45, 2.75) is 39.0 Å². The lowest BCUT2D eigenvalue weighted by molar-refractivity contribution is -0.128. The maximum absolute atomic E-state index is 12.2. The number of rotatable bonds is 4. The predicted molar refractivity (Wildman–Crippen MR) is 83.8 cm³/mol. The largest absolute Gasteiger partial charge is 0.480 e. The summed E-state index contributed by atoms with van der Waals surface area (Å²) in [5.74, 6) is 0.681. The van der Waals surface area contributed by atoms with Gasteiger partial charge >= 0.3 is 0 Å². The van der Waals surface area contributed by atoms with Gasteiger partial charge in [-0.3, -0.25) is 4.79 Å². The van der Waals surface area contributed by atoms with Crippen molar-refractivity contribution in [2.24, 2.45) is 0 Å². The molecule has 0 bridgehead atoms. The fourth-order valence-corrected chi connectivity index (χ4v) is 3.21. The molecule has 1 aliphatic rings. The highest BCUT2D eigenvalue weighted by atomic mass is 32.1. The predicted octanol–water partition coefficient (Wildman–Crippen LogP) is 1.95. The molecule has 6 heteroatoms. The number of aromatic nitrogens is 1. The van der Waals surface area contributed by atoms with E-state index in [1.54, 1.807) is 5.38 Å². The number of aryl methyl sites for hydroxylation is 2. The Balaban J connectivity index is 1.58. The molecule has 0 spiro atoms. The SMILES string of the molecule is Cc1ccc2c(c1)CCC(C(=O)NCc1nc(CO)cs1)O2. The molecule has 0 saturated heterocycles. The monoisotopic (exact) mass is 318 g/mol. The van der Waals surface area contributed by atoms with Crippen molar-refractivity contribution < 1.29 is 14.6 Å². The summed E-state index contributed by atoms with van der Waals surface area (Å²) < 4.78 is 5.79. The van der Waals surface area contributed by atoms with Crippen molar-refractivity contribution in [1.29, 1.82) is 0 Å². The minimum absolute atomic E-state index is 0.0770. The minimum atomic E-state index is -0.451. The molecule has 0 aliphatic carbocycles. The first kappa shape index (κ1) is 15.0. The fourth-order valence-electron chi connectivity index (χ4n) is 2.48. The van der Waals surface area contributed by atoms with Gasteiger partial charge in [-0.05, 0) is 31.4 Å². The van der Waals surface area contributed by atoms with E-state index in [4.69, 9.17) is 9.84 Å². The van der Waals surface area contributed by atoms with Crippen molar-refractivity contribution in [3.8, 4) is 5.75 Å². The minimum Gasteiger partial charge on any atom is -0.480 e. The number of hydrogen-bond donors (Lipinski definition) is 2. The maximum atomic E-state index is 12.2. The van der Waals surface area contributed by atoms with Gasteiger partial charge in [0, 0.05) is 5.38 Å². The molecule has 1 atom stereocenters. The molecule has 2 N–H and O–H groups in total. The second kappa shape index (κ2) is 6.46. The molecular weight excluding hydrogens is 300 g/mol. The van der Waals surface area contributed by atoms with Crippen LogP contribution in [0.2, 0.25) is 0 Å². The van der Waals surface area contributed by atoms with E-state index in [0.717, 1.165) is 22.7 Å². The summed E-state index contributed by atoms with van der Waals surface area (Å²) >= 11 is 1.43. The number of fused-ring (bicyclic) bond motifs is 1. The van der Waals surface area contributed by atoms with Gasteiger partial charge in [-0.1, -0.05) is 17.7 Å². The Hall–Kier alpha value is -1.92. The molecule has 0 saturated carbocycles. The Kier molecular flexibility index (Phi) is 4.40. The van der Waals surface area contributed by atoms with Gasteiger partial charge in [0.2, 0.25) is 0 Å². The Bertz CT molecular complexity index is 684. The Morgan fingerprint density at radius 2 is 2.41 bits per heavy atom. The summed E-state index contributed by atoms with van der Waals surface area (Å²) in [7, 11) is 0. The molecule has 116 valence electrons. The average molecular weight is 318 g/mol. The summed E-state index contributed by atoms with van der Waals surface area (Å²) in [4.78, 5) is 16.4. The van der Waals surface area contributed by atoms with Crippen LogP contribution in [-0.2, 0) is 24.4 Å². The number of carbonyl (C=O) groups is 1. The molecule has 1 amide bonds. The third-order valence-electron chi connectivity index (χ3n) is 3.63. The standard InChI is InChI=1S/C16H18N2O3S/c1-10-2-4-13-11(6-10)3-5-14(21-13)16(20)17-7-15-18-12(8-19)9-22-15/h2,4,6,9,14,19H,3,5,7-8H2,1H3,(H,17,20). The number of nitrogens with zero attached hydrogens (tertiary/aromatic N) is 1. The second-order valence-electron chi connectivity index (χ2n) is 5.36. The molecule has 1 aliphatic heterocycles. The van der Waals surface area contributed by atoms with Crippen LogP contribution < -0.4 is 10.1 Å². The summed E-state index contributed by atoms with van der Waals surface area (Å²) in [5.41, 5.74) is 3.00.